The fraction of sp³-hybridized carbons (Fsp3) is 0.333. The number of benzene rings is 1. The molecule has 0 radical (unpaired) electrons. The zero-order chi connectivity index (χ0) is 14.8. The van der Waals surface area contributed by atoms with E-state index in [-0.39, 0.29) is 11.4 Å². The van der Waals surface area contributed by atoms with E-state index in [0.717, 1.165) is 0 Å². The highest BCUT2D eigenvalue weighted by molar-refractivity contribution is 7.89. The molecule has 1 aromatic heterocycles. The Labute approximate surface area is 117 Å². The molecule has 2 rings (SSSR count). The predicted octanol–water partition coefficient (Wildman–Crippen LogP) is 0.227. The maximum atomic E-state index is 12.2. The standard InChI is InChI=1S/C12H17N5O2S/c1-9-7-10(13)3-4-11(9)20(18,19)15-6-5-12-14-8-17(2)16-12/h3-4,7-8,15H,5-6,13H2,1-2H3. The largest absolute Gasteiger partial charge is 0.399 e. The summed E-state index contributed by atoms with van der Waals surface area (Å²) in [5.74, 6) is 0.601. The van der Waals surface area contributed by atoms with E-state index in [1.165, 1.54) is 6.07 Å². The van der Waals surface area contributed by atoms with E-state index in [4.69, 9.17) is 5.73 Å². The van der Waals surface area contributed by atoms with Gasteiger partial charge in [-0.2, -0.15) is 5.10 Å². The Morgan fingerprint density at radius 1 is 1.40 bits per heavy atom. The van der Waals surface area contributed by atoms with Gasteiger partial charge in [-0.15, -0.1) is 0 Å². The summed E-state index contributed by atoms with van der Waals surface area (Å²) in [5, 5.41) is 4.09. The monoisotopic (exact) mass is 295 g/mol. The van der Waals surface area contributed by atoms with Gasteiger partial charge in [-0.1, -0.05) is 0 Å². The number of hydrogen-bond acceptors (Lipinski definition) is 5. The summed E-state index contributed by atoms with van der Waals surface area (Å²) in [5.41, 5.74) is 6.77. The van der Waals surface area contributed by atoms with Gasteiger partial charge < -0.3 is 5.73 Å². The summed E-state index contributed by atoms with van der Waals surface area (Å²) in [4.78, 5) is 4.27. The lowest BCUT2D eigenvalue weighted by Gasteiger charge is -2.09. The number of aromatic nitrogens is 3. The van der Waals surface area contributed by atoms with E-state index in [2.05, 4.69) is 14.8 Å². The fourth-order valence-electron chi connectivity index (χ4n) is 1.85. The summed E-state index contributed by atoms with van der Waals surface area (Å²) in [6.45, 7) is 1.96. The molecule has 1 heterocycles. The molecule has 1 aromatic carbocycles. The van der Waals surface area contributed by atoms with Crippen LogP contribution in [0.3, 0.4) is 0 Å². The first kappa shape index (κ1) is 14.5. The SMILES string of the molecule is Cc1cc(N)ccc1S(=O)(=O)NCCc1ncn(C)n1. The predicted molar refractivity (Wildman–Crippen MR) is 75.5 cm³/mol. The molecule has 0 aliphatic carbocycles. The second-order valence-electron chi connectivity index (χ2n) is 4.51. The number of rotatable bonds is 5. The van der Waals surface area contributed by atoms with Crippen molar-refractivity contribution in [2.45, 2.75) is 18.2 Å². The number of nitrogens with one attached hydrogen (secondary N) is 1. The lowest BCUT2D eigenvalue weighted by molar-refractivity contribution is 0.580. The van der Waals surface area contributed by atoms with E-state index >= 15 is 0 Å². The zero-order valence-corrected chi connectivity index (χ0v) is 12.2. The van der Waals surface area contributed by atoms with Crippen LogP contribution in [0.25, 0.3) is 0 Å². The van der Waals surface area contributed by atoms with Crippen molar-refractivity contribution in [1.29, 1.82) is 0 Å². The molecule has 0 amide bonds. The Bertz CT molecular complexity index is 708. The van der Waals surface area contributed by atoms with Gasteiger partial charge in [0.2, 0.25) is 10.0 Å². The first-order valence-corrected chi connectivity index (χ1v) is 7.57. The van der Waals surface area contributed by atoms with Crippen LogP contribution in [-0.4, -0.2) is 29.7 Å². The Balaban J connectivity index is 2.04. The number of nitrogens with zero attached hydrogens (tertiary/aromatic N) is 3. The van der Waals surface area contributed by atoms with E-state index in [1.807, 2.05) is 0 Å². The molecule has 0 saturated carbocycles. The van der Waals surface area contributed by atoms with Crippen molar-refractivity contribution in [3.63, 3.8) is 0 Å². The number of anilines is 1. The molecule has 0 atom stereocenters. The molecule has 108 valence electrons. The Morgan fingerprint density at radius 3 is 2.75 bits per heavy atom. The molecule has 0 unspecified atom stereocenters. The highest BCUT2D eigenvalue weighted by Crippen LogP contribution is 2.17. The second-order valence-corrected chi connectivity index (χ2v) is 6.24. The molecular weight excluding hydrogens is 278 g/mol. The van der Waals surface area contributed by atoms with E-state index in [1.54, 1.807) is 37.1 Å². The van der Waals surface area contributed by atoms with Crippen molar-refractivity contribution >= 4 is 15.7 Å². The highest BCUT2D eigenvalue weighted by atomic mass is 32.2. The number of nitrogens with two attached hydrogens (primary N) is 1. The van der Waals surface area contributed by atoms with E-state index in [0.29, 0.717) is 23.5 Å². The number of nitrogen functional groups attached to an aromatic ring is 1. The fourth-order valence-corrected chi connectivity index (χ4v) is 3.10. The molecule has 0 bridgehead atoms. The van der Waals surface area contributed by atoms with Gasteiger partial charge in [0.15, 0.2) is 5.82 Å². The van der Waals surface area contributed by atoms with Gasteiger partial charge in [0.25, 0.3) is 0 Å². The van der Waals surface area contributed by atoms with Gasteiger partial charge >= 0.3 is 0 Å². The molecule has 3 N–H and O–H groups in total. The average molecular weight is 295 g/mol. The lowest BCUT2D eigenvalue weighted by atomic mass is 10.2. The number of sulfonamides is 1. The van der Waals surface area contributed by atoms with Crippen LogP contribution in [-0.2, 0) is 23.5 Å². The van der Waals surface area contributed by atoms with Crippen LogP contribution in [0.4, 0.5) is 5.69 Å². The lowest BCUT2D eigenvalue weighted by Crippen LogP contribution is -2.27. The minimum atomic E-state index is -3.54. The van der Waals surface area contributed by atoms with Crippen LogP contribution in [0.2, 0.25) is 0 Å². The minimum Gasteiger partial charge on any atom is -0.399 e. The van der Waals surface area contributed by atoms with Crippen molar-refractivity contribution in [3.8, 4) is 0 Å². The van der Waals surface area contributed by atoms with Gasteiger partial charge in [-0.05, 0) is 30.7 Å². The number of aryl methyl sites for hydroxylation is 2. The first-order chi connectivity index (χ1) is 9.38. The molecule has 0 aliphatic rings. The van der Waals surface area contributed by atoms with Crippen LogP contribution in [0.1, 0.15) is 11.4 Å². The van der Waals surface area contributed by atoms with Crippen molar-refractivity contribution in [2.24, 2.45) is 7.05 Å². The Kier molecular flexibility index (Phi) is 4.05. The van der Waals surface area contributed by atoms with E-state index < -0.39 is 10.0 Å². The Morgan fingerprint density at radius 2 is 2.15 bits per heavy atom. The van der Waals surface area contributed by atoms with Gasteiger partial charge in [0.1, 0.15) is 6.33 Å². The van der Waals surface area contributed by atoms with Crippen LogP contribution < -0.4 is 10.5 Å². The van der Waals surface area contributed by atoms with Gasteiger partial charge in [0, 0.05) is 25.7 Å². The van der Waals surface area contributed by atoms with E-state index in [9.17, 15) is 8.42 Å². The average Bonchev–Trinajstić information content (AvgIpc) is 2.74. The Hall–Kier alpha value is -1.93. The highest BCUT2D eigenvalue weighted by Gasteiger charge is 2.16. The van der Waals surface area contributed by atoms with Crippen molar-refractivity contribution in [3.05, 3.63) is 35.9 Å². The zero-order valence-electron chi connectivity index (χ0n) is 11.4. The third-order valence-electron chi connectivity index (χ3n) is 2.78. The topological polar surface area (TPSA) is 103 Å². The second kappa shape index (κ2) is 5.59. The van der Waals surface area contributed by atoms with Gasteiger partial charge in [-0.3, -0.25) is 4.68 Å². The maximum Gasteiger partial charge on any atom is 0.240 e. The van der Waals surface area contributed by atoms with Crippen LogP contribution in [0, 0.1) is 6.92 Å². The molecule has 0 saturated heterocycles. The van der Waals surface area contributed by atoms with Crippen LogP contribution in [0.15, 0.2) is 29.4 Å². The van der Waals surface area contributed by atoms with Crippen molar-refractivity contribution < 1.29 is 8.42 Å². The molecule has 8 heteroatoms. The summed E-state index contributed by atoms with van der Waals surface area (Å²) >= 11 is 0. The molecule has 7 nitrogen and oxygen atoms in total. The molecule has 2 aromatic rings. The molecule has 0 spiro atoms. The first-order valence-electron chi connectivity index (χ1n) is 6.09. The van der Waals surface area contributed by atoms with Crippen molar-refractivity contribution in [2.75, 3.05) is 12.3 Å². The summed E-state index contributed by atoms with van der Waals surface area (Å²) < 4.78 is 28.4. The summed E-state index contributed by atoms with van der Waals surface area (Å²) in [6.07, 6.45) is 2.02. The molecule has 0 fully saturated rings. The maximum absolute atomic E-state index is 12.2. The quantitative estimate of drug-likeness (QED) is 0.768. The normalized spacial score (nSPS) is 11.7. The summed E-state index contributed by atoms with van der Waals surface area (Å²) in [6, 6.07) is 4.71. The molecule has 20 heavy (non-hydrogen) atoms. The van der Waals surface area contributed by atoms with Gasteiger partial charge in [-0.25, -0.2) is 18.1 Å². The smallest absolute Gasteiger partial charge is 0.240 e. The molecular formula is C12H17N5O2S. The van der Waals surface area contributed by atoms with Gasteiger partial charge in [0.05, 0.1) is 4.90 Å². The minimum absolute atomic E-state index is 0.237. The van der Waals surface area contributed by atoms with Crippen LogP contribution in [0.5, 0.6) is 0 Å². The summed E-state index contributed by atoms with van der Waals surface area (Å²) in [7, 11) is -1.78. The van der Waals surface area contributed by atoms with Crippen molar-refractivity contribution in [1.82, 2.24) is 19.5 Å². The van der Waals surface area contributed by atoms with Crippen LogP contribution >= 0.6 is 0 Å². The number of hydrogen-bond donors (Lipinski definition) is 2. The third kappa shape index (κ3) is 3.34. The third-order valence-corrected chi connectivity index (χ3v) is 4.40. The molecule has 0 aliphatic heterocycles.